The van der Waals surface area contributed by atoms with E-state index in [1.807, 2.05) is 16.7 Å². The van der Waals surface area contributed by atoms with Crippen LogP contribution in [0.25, 0.3) is 16.9 Å². The highest BCUT2D eigenvalue weighted by Gasteiger charge is 2.09. The van der Waals surface area contributed by atoms with E-state index in [1.165, 1.54) is 6.08 Å². The predicted molar refractivity (Wildman–Crippen MR) is 106 cm³/mol. The van der Waals surface area contributed by atoms with Gasteiger partial charge in [-0.15, -0.1) is 0 Å². The molecule has 3 aromatic rings. The van der Waals surface area contributed by atoms with Crippen LogP contribution in [0, 0.1) is 0 Å². The second-order valence-electron chi connectivity index (χ2n) is 5.73. The van der Waals surface area contributed by atoms with Crippen LogP contribution in [0.2, 0.25) is 0 Å². The molecular formula is C19H24N6O. The van der Waals surface area contributed by atoms with Gasteiger partial charge in [0.05, 0.1) is 23.4 Å². The quantitative estimate of drug-likeness (QED) is 0.659. The predicted octanol–water partition coefficient (Wildman–Crippen LogP) is 3.79. The highest BCUT2D eigenvalue weighted by molar-refractivity contribution is 6.00. The largest absolute Gasteiger partial charge is 0.366 e. The summed E-state index contributed by atoms with van der Waals surface area (Å²) in [6.45, 7) is 7.66. The molecule has 3 rings (SSSR count). The van der Waals surface area contributed by atoms with Gasteiger partial charge in [-0.1, -0.05) is 20.9 Å². The average Bonchev–Trinajstić information content (AvgIpc) is 3.05. The first-order valence-corrected chi connectivity index (χ1v) is 8.10. The Morgan fingerprint density at radius 1 is 1.38 bits per heavy atom. The maximum Gasteiger partial charge on any atom is 0.247 e. The molecule has 0 unspecified atom stereocenters. The molecule has 7 nitrogen and oxygen atoms in total. The van der Waals surface area contributed by atoms with Crippen molar-refractivity contribution in [3.05, 3.63) is 49.6 Å². The molecule has 0 spiro atoms. The van der Waals surface area contributed by atoms with Crippen molar-refractivity contribution >= 4 is 28.4 Å². The zero-order valence-electron chi connectivity index (χ0n) is 14.2. The first kappa shape index (κ1) is 19.1. The molecule has 26 heavy (non-hydrogen) atoms. The van der Waals surface area contributed by atoms with E-state index in [9.17, 15) is 4.79 Å². The first-order chi connectivity index (χ1) is 12.1. The average molecular weight is 352 g/mol. The highest BCUT2D eigenvalue weighted by atomic mass is 16.1. The molecule has 136 valence electrons. The van der Waals surface area contributed by atoms with E-state index >= 15 is 0 Å². The number of imidazole rings is 1. The van der Waals surface area contributed by atoms with Crippen LogP contribution < -0.4 is 10.6 Å². The number of anilines is 2. The van der Waals surface area contributed by atoms with Crippen molar-refractivity contribution in [2.45, 2.75) is 33.7 Å². The minimum absolute atomic E-state index is 0. The Labute approximate surface area is 153 Å². The second-order valence-corrected chi connectivity index (χ2v) is 5.73. The third kappa shape index (κ3) is 4.05. The number of carbonyl (C=O) groups is 1. The van der Waals surface area contributed by atoms with Crippen molar-refractivity contribution in [3.63, 3.8) is 0 Å². The van der Waals surface area contributed by atoms with E-state index in [0.717, 1.165) is 17.5 Å². The van der Waals surface area contributed by atoms with Crippen molar-refractivity contribution in [1.82, 2.24) is 19.5 Å². The van der Waals surface area contributed by atoms with Crippen LogP contribution >= 0.6 is 0 Å². The van der Waals surface area contributed by atoms with E-state index in [2.05, 4.69) is 46.0 Å². The van der Waals surface area contributed by atoms with E-state index < -0.39 is 0 Å². The molecule has 0 fully saturated rings. The number of hydrogen-bond donors (Lipinski definition) is 2. The SMILES string of the molecule is C.C=CC(=O)Nc1ccc2ncn(-c3cncc(N[C@H](C)CC)n3)c2c1. The molecule has 1 amide bonds. The normalized spacial score (nSPS) is 11.5. The van der Waals surface area contributed by atoms with Gasteiger partial charge in [0, 0.05) is 11.7 Å². The van der Waals surface area contributed by atoms with Gasteiger partial charge in [0.2, 0.25) is 5.91 Å². The maximum atomic E-state index is 11.5. The van der Waals surface area contributed by atoms with Crippen LogP contribution in [0.15, 0.2) is 49.6 Å². The lowest BCUT2D eigenvalue weighted by molar-refractivity contribution is -0.111. The van der Waals surface area contributed by atoms with Crippen LogP contribution in [-0.2, 0) is 4.79 Å². The molecule has 1 aromatic carbocycles. The van der Waals surface area contributed by atoms with Crippen molar-refractivity contribution in [2.24, 2.45) is 0 Å². The summed E-state index contributed by atoms with van der Waals surface area (Å²) in [5.74, 6) is 1.11. The van der Waals surface area contributed by atoms with E-state index in [-0.39, 0.29) is 13.3 Å². The van der Waals surface area contributed by atoms with E-state index in [4.69, 9.17) is 0 Å². The summed E-state index contributed by atoms with van der Waals surface area (Å²) in [4.78, 5) is 24.8. The Kier molecular flexibility index (Phi) is 6.06. The second kappa shape index (κ2) is 8.24. The van der Waals surface area contributed by atoms with Crippen LogP contribution in [0.1, 0.15) is 27.7 Å². The summed E-state index contributed by atoms with van der Waals surface area (Å²) in [5, 5.41) is 6.06. The minimum atomic E-state index is -0.259. The molecule has 0 aliphatic rings. The topological polar surface area (TPSA) is 84.7 Å². The Morgan fingerprint density at radius 2 is 2.19 bits per heavy atom. The molecule has 0 saturated carbocycles. The molecule has 7 heteroatoms. The van der Waals surface area contributed by atoms with Gasteiger partial charge in [0.15, 0.2) is 5.82 Å². The van der Waals surface area contributed by atoms with Crippen molar-refractivity contribution in [1.29, 1.82) is 0 Å². The van der Waals surface area contributed by atoms with E-state index in [0.29, 0.717) is 23.4 Å². The van der Waals surface area contributed by atoms with Gasteiger partial charge in [-0.25, -0.2) is 9.97 Å². The fourth-order valence-corrected chi connectivity index (χ4v) is 2.36. The lowest BCUT2D eigenvalue weighted by Gasteiger charge is -2.12. The molecule has 0 aliphatic carbocycles. The number of fused-ring (bicyclic) bond motifs is 1. The number of carbonyl (C=O) groups excluding carboxylic acids is 1. The Hall–Kier alpha value is -3.22. The number of nitrogens with one attached hydrogen (secondary N) is 2. The molecular weight excluding hydrogens is 328 g/mol. The maximum absolute atomic E-state index is 11.5. The zero-order valence-corrected chi connectivity index (χ0v) is 14.2. The summed E-state index contributed by atoms with van der Waals surface area (Å²) in [6, 6.07) is 5.80. The van der Waals surface area contributed by atoms with E-state index in [1.54, 1.807) is 24.8 Å². The van der Waals surface area contributed by atoms with Crippen LogP contribution in [0.5, 0.6) is 0 Å². The third-order valence-corrected chi connectivity index (χ3v) is 3.88. The fourth-order valence-electron chi connectivity index (χ4n) is 2.36. The molecule has 0 aliphatic heterocycles. The van der Waals surface area contributed by atoms with Gasteiger partial charge in [-0.3, -0.25) is 14.3 Å². The molecule has 2 heterocycles. The van der Waals surface area contributed by atoms with Crippen LogP contribution in [0.3, 0.4) is 0 Å². The Bertz CT molecular complexity index is 917. The lowest BCUT2D eigenvalue weighted by atomic mass is 10.2. The number of amides is 1. The number of aromatic nitrogens is 4. The minimum Gasteiger partial charge on any atom is -0.366 e. The lowest BCUT2D eigenvalue weighted by Crippen LogP contribution is -2.15. The Morgan fingerprint density at radius 3 is 2.92 bits per heavy atom. The summed E-state index contributed by atoms with van der Waals surface area (Å²) in [7, 11) is 0. The number of benzene rings is 1. The highest BCUT2D eigenvalue weighted by Crippen LogP contribution is 2.21. The Balaban J connectivity index is 0.00000243. The summed E-state index contributed by atoms with van der Waals surface area (Å²) in [6.07, 6.45) is 7.30. The molecule has 2 N–H and O–H groups in total. The van der Waals surface area contributed by atoms with Gasteiger partial charge in [-0.05, 0) is 37.6 Å². The molecule has 0 bridgehead atoms. The zero-order chi connectivity index (χ0) is 17.8. The third-order valence-electron chi connectivity index (χ3n) is 3.88. The van der Waals surface area contributed by atoms with Crippen LogP contribution in [-0.4, -0.2) is 31.5 Å². The van der Waals surface area contributed by atoms with Crippen molar-refractivity contribution in [3.8, 4) is 5.82 Å². The fraction of sp³-hybridized carbons (Fsp3) is 0.263. The monoisotopic (exact) mass is 352 g/mol. The molecule has 1 atom stereocenters. The molecule has 0 saturated heterocycles. The summed E-state index contributed by atoms with van der Waals surface area (Å²) < 4.78 is 1.84. The van der Waals surface area contributed by atoms with Gasteiger partial charge in [0.25, 0.3) is 0 Å². The summed E-state index contributed by atoms with van der Waals surface area (Å²) >= 11 is 0. The number of hydrogen-bond acceptors (Lipinski definition) is 5. The molecule has 2 aromatic heterocycles. The standard InChI is InChI=1S/C18H20N6O.CH4/c1-4-12(3)21-16-9-19-10-17(23-16)24-11-20-14-7-6-13(8-15(14)24)22-18(25)5-2;/h5-12H,2,4H2,1,3H3,(H,21,23)(H,22,25);1H4/t12-;/m1./s1. The summed E-state index contributed by atoms with van der Waals surface area (Å²) in [5.41, 5.74) is 2.30. The van der Waals surface area contributed by atoms with Gasteiger partial charge in [0.1, 0.15) is 12.1 Å². The van der Waals surface area contributed by atoms with Gasteiger partial charge in [-0.2, -0.15) is 0 Å². The first-order valence-electron chi connectivity index (χ1n) is 8.10. The number of rotatable bonds is 6. The smallest absolute Gasteiger partial charge is 0.247 e. The number of nitrogens with zero attached hydrogens (tertiary/aromatic N) is 4. The van der Waals surface area contributed by atoms with Crippen molar-refractivity contribution < 1.29 is 4.79 Å². The van der Waals surface area contributed by atoms with Gasteiger partial charge < -0.3 is 10.6 Å². The van der Waals surface area contributed by atoms with Crippen LogP contribution in [0.4, 0.5) is 11.5 Å². The van der Waals surface area contributed by atoms with Crippen molar-refractivity contribution in [2.75, 3.05) is 10.6 Å². The van der Waals surface area contributed by atoms with Gasteiger partial charge >= 0.3 is 0 Å². The molecule has 0 radical (unpaired) electrons.